The molecule has 0 spiro atoms. The molecule has 0 bridgehead atoms. The number of likely N-dealkylation sites (tertiary alicyclic amines) is 1. The molecule has 3 aliphatic heterocycles. The number of ether oxygens (including phenoxy) is 1. The fraction of sp³-hybridized carbons (Fsp3) is 0.950. The minimum absolute atomic E-state index is 0.457. The zero-order valence-electron chi connectivity index (χ0n) is 18.1. The lowest BCUT2D eigenvalue weighted by atomic mass is 9.98. The second-order valence-electron chi connectivity index (χ2n) is 8.77. The molecular weight excluding hydrogens is 390 g/mol. The minimum atomic E-state index is -3.06. The van der Waals surface area contributed by atoms with Gasteiger partial charge < -0.3 is 20.3 Å². The smallest absolute Gasteiger partial charge is 0.211 e. The zero-order valence-corrected chi connectivity index (χ0v) is 18.9. The van der Waals surface area contributed by atoms with Crippen molar-refractivity contribution in [1.82, 2.24) is 19.8 Å². The highest BCUT2D eigenvalue weighted by atomic mass is 32.2. The lowest BCUT2D eigenvalue weighted by molar-refractivity contribution is 0.150. The molecule has 3 aliphatic rings. The topological polar surface area (TPSA) is 86.3 Å². The number of piperidine rings is 2. The van der Waals surface area contributed by atoms with E-state index in [-0.39, 0.29) is 0 Å². The van der Waals surface area contributed by atoms with Gasteiger partial charge in [0.1, 0.15) is 0 Å². The van der Waals surface area contributed by atoms with Crippen LogP contribution in [0.3, 0.4) is 0 Å². The molecule has 0 saturated carbocycles. The number of rotatable bonds is 7. The van der Waals surface area contributed by atoms with Crippen LogP contribution in [0.5, 0.6) is 0 Å². The molecule has 3 fully saturated rings. The van der Waals surface area contributed by atoms with Gasteiger partial charge in [0.05, 0.1) is 12.9 Å². The van der Waals surface area contributed by atoms with E-state index in [2.05, 4.69) is 22.5 Å². The summed E-state index contributed by atoms with van der Waals surface area (Å²) in [6, 6.07) is 0.468. The molecule has 8 nitrogen and oxygen atoms in total. The van der Waals surface area contributed by atoms with Crippen molar-refractivity contribution < 1.29 is 13.2 Å². The van der Waals surface area contributed by atoms with Gasteiger partial charge in [-0.05, 0) is 50.9 Å². The van der Waals surface area contributed by atoms with Gasteiger partial charge in [-0.15, -0.1) is 0 Å². The van der Waals surface area contributed by atoms with Gasteiger partial charge in [0.15, 0.2) is 5.96 Å². The molecule has 1 atom stereocenters. The van der Waals surface area contributed by atoms with Crippen molar-refractivity contribution in [3.8, 4) is 0 Å². The van der Waals surface area contributed by atoms with Crippen molar-refractivity contribution in [2.24, 2.45) is 16.8 Å². The summed E-state index contributed by atoms with van der Waals surface area (Å²) < 4.78 is 30.4. The fourth-order valence-corrected chi connectivity index (χ4v) is 5.38. The Kier molecular flexibility index (Phi) is 8.58. The van der Waals surface area contributed by atoms with Crippen molar-refractivity contribution in [2.45, 2.75) is 45.1 Å². The average Bonchev–Trinajstić information content (AvgIpc) is 3.20. The van der Waals surface area contributed by atoms with Crippen molar-refractivity contribution in [2.75, 3.05) is 65.3 Å². The molecule has 0 aromatic rings. The third-order valence-corrected chi connectivity index (χ3v) is 7.67. The number of guanidine groups is 1. The van der Waals surface area contributed by atoms with Crippen LogP contribution in [0, 0.1) is 11.8 Å². The molecule has 3 saturated heterocycles. The lowest BCUT2D eigenvalue weighted by Gasteiger charge is -2.34. The average molecular weight is 430 g/mol. The maximum absolute atomic E-state index is 11.7. The maximum Gasteiger partial charge on any atom is 0.211 e. The molecule has 1 unspecified atom stereocenters. The summed E-state index contributed by atoms with van der Waals surface area (Å²) in [6.07, 6.45) is 6.57. The Morgan fingerprint density at radius 2 is 1.79 bits per heavy atom. The van der Waals surface area contributed by atoms with Crippen LogP contribution in [0.25, 0.3) is 0 Å². The number of hydrogen-bond acceptors (Lipinski definition) is 5. The highest BCUT2D eigenvalue weighted by Crippen LogP contribution is 2.20. The second kappa shape index (κ2) is 10.9. The predicted octanol–water partition coefficient (Wildman–Crippen LogP) is 0.714. The van der Waals surface area contributed by atoms with E-state index in [1.54, 1.807) is 4.31 Å². The molecule has 3 heterocycles. The van der Waals surface area contributed by atoms with Gasteiger partial charge in [0, 0.05) is 58.5 Å². The summed E-state index contributed by atoms with van der Waals surface area (Å²) in [6.45, 7) is 10.2. The Balaban J connectivity index is 1.40. The molecule has 2 N–H and O–H groups in total. The van der Waals surface area contributed by atoms with Gasteiger partial charge >= 0.3 is 0 Å². The van der Waals surface area contributed by atoms with E-state index in [0.717, 1.165) is 71.0 Å². The SMILES string of the molecule is CCNC(=NCC1CCN(S(C)(=O)=O)CC1)NC1CCN(CC2CCOC2)CC1. The summed E-state index contributed by atoms with van der Waals surface area (Å²) in [5.74, 6) is 2.08. The Hall–Kier alpha value is -0.900. The largest absolute Gasteiger partial charge is 0.381 e. The highest BCUT2D eigenvalue weighted by Gasteiger charge is 2.26. The number of nitrogens with zero attached hydrogens (tertiary/aromatic N) is 3. The standard InChI is InChI=1S/C20H39N5O3S/c1-3-21-20(22-14-17-4-11-25(12-5-17)29(2,26)27)23-19-6-9-24(10-7-19)15-18-8-13-28-16-18/h17-19H,3-16H2,1-2H3,(H2,21,22,23). The Bertz CT molecular complexity index is 620. The number of hydrogen-bond donors (Lipinski definition) is 2. The van der Waals surface area contributed by atoms with E-state index in [9.17, 15) is 8.42 Å². The first kappa shape index (κ1) is 22.8. The first-order chi connectivity index (χ1) is 13.9. The van der Waals surface area contributed by atoms with Crippen LogP contribution in [0.2, 0.25) is 0 Å². The van der Waals surface area contributed by atoms with E-state index < -0.39 is 10.0 Å². The van der Waals surface area contributed by atoms with E-state index in [1.807, 2.05) is 0 Å². The van der Waals surface area contributed by atoms with Crippen molar-refractivity contribution >= 4 is 16.0 Å². The number of nitrogens with one attached hydrogen (secondary N) is 2. The molecule has 29 heavy (non-hydrogen) atoms. The summed E-state index contributed by atoms with van der Waals surface area (Å²) in [5.41, 5.74) is 0. The van der Waals surface area contributed by atoms with Crippen LogP contribution in [0.1, 0.15) is 39.0 Å². The van der Waals surface area contributed by atoms with Crippen molar-refractivity contribution in [3.05, 3.63) is 0 Å². The Morgan fingerprint density at radius 3 is 2.38 bits per heavy atom. The zero-order chi connectivity index (χ0) is 20.7. The number of aliphatic imine (C=N–C) groups is 1. The van der Waals surface area contributed by atoms with Crippen molar-refractivity contribution in [1.29, 1.82) is 0 Å². The molecule has 0 radical (unpaired) electrons. The van der Waals surface area contributed by atoms with E-state index in [0.29, 0.717) is 31.0 Å². The first-order valence-electron chi connectivity index (χ1n) is 11.2. The highest BCUT2D eigenvalue weighted by molar-refractivity contribution is 7.88. The summed E-state index contributed by atoms with van der Waals surface area (Å²) in [4.78, 5) is 7.40. The van der Waals surface area contributed by atoms with Crippen LogP contribution in [-0.2, 0) is 14.8 Å². The van der Waals surface area contributed by atoms with Gasteiger partial charge in [0.2, 0.25) is 10.0 Å². The van der Waals surface area contributed by atoms with Crippen LogP contribution >= 0.6 is 0 Å². The van der Waals surface area contributed by atoms with E-state index in [1.165, 1.54) is 19.2 Å². The van der Waals surface area contributed by atoms with Crippen LogP contribution in [0.15, 0.2) is 4.99 Å². The molecule has 0 aliphatic carbocycles. The Morgan fingerprint density at radius 1 is 1.07 bits per heavy atom. The monoisotopic (exact) mass is 429 g/mol. The summed E-state index contributed by atoms with van der Waals surface area (Å²) >= 11 is 0. The van der Waals surface area contributed by atoms with Crippen LogP contribution < -0.4 is 10.6 Å². The van der Waals surface area contributed by atoms with E-state index >= 15 is 0 Å². The summed E-state index contributed by atoms with van der Waals surface area (Å²) in [7, 11) is -3.06. The molecule has 0 amide bonds. The fourth-order valence-electron chi connectivity index (χ4n) is 4.51. The van der Waals surface area contributed by atoms with Gasteiger partial charge in [-0.3, -0.25) is 4.99 Å². The maximum atomic E-state index is 11.7. The summed E-state index contributed by atoms with van der Waals surface area (Å²) in [5, 5.41) is 7.00. The van der Waals surface area contributed by atoms with Crippen molar-refractivity contribution in [3.63, 3.8) is 0 Å². The Labute approximate surface area is 176 Å². The molecule has 0 aromatic heterocycles. The second-order valence-corrected chi connectivity index (χ2v) is 10.8. The van der Waals surface area contributed by atoms with Gasteiger partial charge in [-0.25, -0.2) is 12.7 Å². The third kappa shape index (κ3) is 7.38. The van der Waals surface area contributed by atoms with Gasteiger partial charge in [-0.1, -0.05) is 0 Å². The molecular formula is C20H39N5O3S. The minimum Gasteiger partial charge on any atom is -0.381 e. The van der Waals surface area contributed by atoms with E-state index in [4.69, 9.17) is 9.73 Å². The molecule has 3 rings (SSSR count). The molecule has 168 valence electrons. The van der Waals surface area contributed by atoms with Crippen LogP contribution in [-0.4, -0.2) is 94.9 Å². The normalized spacial score (nSPS) is 26.7. The lowest BCUT2D eigenvalue weighted by Crippen LogP contribution is -2.49. The molecule has 9 heteroatoms. The quantitative estimate of drug-likeness (QED) is 0.458. The van der Waals surface area contributed by atoms with Gasteiger partial charge in [-0.2, -0.15) is 0 Å². The third-order valence-electron chi connectivity index (χ3n) is 6.36. The molecule has 0 aromatic carbocycles. The predicted molar refractivity (Wildman–Crippen MR) is 117 cm³/mol. The van der Waals surface area contributed by atoms with Crippen LogP contribution in [0.4, 0.5) is 0 Å². The number of sulfonamides is 1. The first-order valence-corrected chi connectivity index (χ1v) is 13.1. The van der Waals surface area contributed by atoms with Gasteiger partial charge in [0.25, 0.3) is 0 Å².